The van der Waals surface area contributed by atoms with Crippen LogP contribution in [0, 0.1) is 0 Å². The molecule has 156 valence electrons. The molecule has 3 heterocycles. The van der Waals surface area contributed by atoms with E-state index in [1.165, 1.54) is 17.5 Å². The summed E-state index contributed by atoms with van der Waals surface area (Å²) in [5.74, 6) is 0.612. The fraction of sp³-hybridized carbons (Fsp3) is 0.571. The fourth-order valence-electron chi connectivity index (χ4n) is 4.36. The minimum absolute atomic E-state index is 0.0406. The third-order valence-electron chi connectivity index (χ3n) is 5.88. The average molecular weight is 418 g/mol. The molecule has 1 unspecified atom stereocenters. The number of nitrogens with one attached hydrogen (secondary N) is 1. The van der Waals surface area contributed by atoms with E-state index in [9.17, 15) is 9.59 Å². The van der Waals surface area contributed by atoms with Crippen LogP contribution in [-0.4, -0.2) is 44.8 Å². The smallest absolute Gasteiger partial charge is 0.346 e. The summed E-state index contributed by atoms with van der Waals surface area (Å²) in [6.45, 7) is 3.17. The summed E-state index contributed by atoms with van der Waals surface area (Å²) < 4.78 is 3.03. The molecule has 1 aromatic heterocycles. The Morgan fingerprint density at radius 2 is 1.93 bits per heavy atom. The van der Waals surface area contributed by atoms with Gasteiger partial charge in [0, 0.05) is 24.5 Å². The van der Waals surface area contributed by atoms with Crippen molar-refractivity contribution >= 4 is 17.5 Å². The highest BCUT2D eigenvalue weighted by Gasteiger charge is 2.24. The second-order valence-electron chi connectivity index (χ2n) is 7.94. The highest BCUT2D eigenvalue weighted by atomic mass is 35.5. The molecular weight excluding hydrogens is 390 g/mol. The zero-order chi connectivity index (χ0) is 20.2. The molecule has 29 heavy (non-hydrogen) atoms. The largest absolute Gasteiger partial charge is 0.353 e. The van der Waals surface area contributed by atoms with E-state index in [1.807, 2.05) is 18.2 Å². The van der Waals surface area contributed by atoms with Crippen molar-refractivity contribution in [2.45, 2.75) is 57.7 Å². The number of carbonyl (C=O) groups is 1. The maximum atomic E-state index is 12.6. The molecule has 2 aliphatic heterocycles. The molecule has 0 saturated carbocycles. The van der Waals surface area contributed by atoms with Crippen LogP contribution in [0.1, 0.15) is 49.5 Å². The van der Waals surface area contributed by atoms with E-state index >= 15 is 0 Å². The maximum Gasteiger partial charge on any atom is 0.346 e. The van der Waals surface area contributed by atoms with E-state index in [0.717, 1.165) is 50.2 Å². The average Bonchev–Trinajstić information content (AvgIpc) is 3.25. The Labute approximate surface area is 175 Å². The van der Waals surface area contributed by atoms with E-state index in [-0.39, 0.29) is 24.2 Å². The molecule has 1 saturated heterocycles. The molecule has 8 heteroatoms. The number of hydrogen-bond acceptors (Lipinski definition) is 4. The van der Waals surface area contributed by atoms with Crippen LogP contribution in [0.25, 0.3) is 0 Å². The predicted molar refractivity (Wildman–Crippen MR) is 112 cm³/mol. The zero-order valence-corrected chi connectivity index (χ0v) is 17.4. The third-order valence-corrected chi connectivity index (χ3v) is 6.12. The molecule has 4 rings (SSSR count). The second kappa shape index (κ2) is 9.13. The predicted octanol–water partition coefficient (Wildman–Crippen LogP) is 2.38. The number of likely N-dealkylation sites (tertiary alicyclic amines) is 1. The molecule has 1 amide bonds. The fourth-order valence-corrected chi connectivity index (χ4v) is 4.55. The standard InChI is InChI=1S/C21H28ClN5O2/c22-17-8-6-7-16(13-17)18(25-10-4-5-11-25)14-23-20(28)15-27-21(29)26-12-3-1-2-9-19(26)24-27/h6-8,13,18H,1-5,9-12,14-15H2,(H,23,28). The van der Waals surface area contributed by atoms with Crippen molar-refractivity contribution in [3.8, 4) is 0 Å². The number of fused-ring (bicyclic) bond motifs is 1. The summed E-state index contributed by atoms with van der Waals surface area (Å²) in [6, 6.07) is 7.90. The van der Waals surface area contributed by atoms with Crippen LogP contribution in [0.5, 0.6) is 0 Å². The van der Waals surface area contributed by atoms with Gasteiger partial charge in [-0.3, -0.25) is 14.3 Å². The maximum absolute atomic E-state index is 12.6. The van der Waals surface area contributed by atoms with Crippen LogP contribution in [0.4, 0.5) is 0 Å². The zero-order valence-electron chi connectivity index (χ0n) is 16.6. The molecule has 1 aromatic carbocycles. The summed E-state index contributed by atoms with van der Waals surface area (Å²) in [6.07, 6.45) is 6.28. The molecule has 1 N–H and O–H groups in total. The van der Waals surface area contributed by atoms with Gasteiger partial charge in [0.25, 0.3) is 0 Å². The number of rotatable bonds is 6. The van der Waals surface area contributed by atoms with Crippen LogP contribution in [0.15, 0.2) is 29.1 Å². The lowest BCUT2D eigenvalue weighted by molar-refractivity contribution is -0.122. The van der Waals surface area contributed by atoms with Crippen molar-refractivity contribution in [3.05, 3.63) is 51.2 Å². The topological polar surface area (TPSA) is 72.2 Å². The Morgan fingerprint density at radius 3 is 2.72 bits per heavy atom. The lowest BCUT2D eigenvalue weighted by Crippen LogP contribution is -2.39. The van der Waals surface area contributed by atoms with E-state index < -0.39 is 0 Å². The number of aromatic nitrogens is 3. The van der Waals surface area contributed by atoms with Gasteiger partial charge in [0.2, 0.25) is 5.91 Å². The van der Waals surface area contributed by atoms with Crippen LogP contribution in [-0.2, 0) is 24.3 Å². The van der Waals surface area contributed by atoms with Crippen molar-refractivity contribution in [2.24, 2.45) is 0 Å². The third kappa shape index (κ3) is 4.73. The van der Waals surface area contributed by atoms with Gasteiger partial charge in [-0.25, -0.2) is 9.48 Å². The highest BCUT2D eigenvalue weighted by Crippen LogP contribution is 2.26. The molecule has 2 aromatic rings. The number of amides is 1. The minimum atomic E-state index is -0.188. The van der Waals surface area contributed by atoms with Gasteiger partial charge >= 0.3 is 5.69 Å². The summed E-state index contributed by atoms with van der Waals surface area (Å²) in [4.78, 5) is 27.6. The quantitative estimate of drug-likeness (QED) is 0.783. The Morgan fingerprint density at radius 1 is 1.14 bits per heavy atom. The van der Waals surface area contributed by atoms with Crippen LogP contribution in [0.2, 0.25) is 5.02 Å². The van der Waals surface area contributed by atoms with Gasteiger partial charge in [0.05, 0.1) is 6.04 Å². The lowest BCUT2D eigenvalue weighted by Gasteiger charge is -2.28. The highest BCUT2D eigenvalue weighted by molar-refractivity contribution is 6.30. The molecule has 7 nitrogen and oxygen atoms in total. The molecule has 1 atom stereocenters. The van der Waals surface area contributed by atoms with Gasteiger partial charge in [0.15, 0.2) is 0 Å². The monoisotopic (exact) mass is 417 g/mol. The Bertz CT molecular complexity index is 916. The van der Waals surface area contributed by atoms with Crippen LogP contribution < -0.4 is 11.0 Å². The first kappa shape index (κ1) is 20.2. The van der Waals surface area contributed by atoms with E-state index in [4.69, 9.17) is 11.6 Å². The lowest BCUT2D eigenvalue weighted by atomic mass is 10.1. The number of benzene rings is 1. The normalized spacial score (nSPS) is 18.2. The number of nitrogens with zero attached hydrogens (tertiary/aromatic N) is 4. The first-order valence-corrected chi connectivity index (χ1v) is 10.9. The number of aryl methyl sites for hydroxylation is 1. The Balaban J connectivity index is 1.43. The molecule has 0 bridgehead atoms. The van der Waals surface area contributed by atoms with Crippen molar-refractivity contribution in [1.82, 2.24) is 24.6 Å². The summed E-state index contributed by atoms with van der Waals surface area (Å²) in [5, 5.41) is 8.11. The second-order valence-corrected chi connectivity index (χ2v) is 8.37. The number of hydrogen-bond donors (Lipinski definition) is 1. The molecule has 1 fully saturated rings. The summed E-state index contributed by atoms with van der Waals surface area (Å²) in [5.41, 5.74) is 0.925. The Kier molecular flexibility index (Phi) is 6.35. The minimum Gasteiger partial charge on any atom is -0.353 e. The first-order chi connectivity index (χ1) is 14.1. The number of halogens is 1. The van der Waals surface area contributed by atoms with Crippen molar-refractivity contribution in [3.63, 3.8) is 0 Å². The molecule has 2 aliphatic rings. The van der Waals surface area contributed by atoms with E-state index in [2.05, 4.69) is 21.4 Å². The molecule has 0 aliphatic carbocycles. The molecule has 0 radical (unpaired) electrons. The van der Waals surface area contributed by atoms with Gasteiger partial charge in [-0.2, -0.15) is 5.10 Å². The van der Waals surface area contributed by atoms with Crippen molar-refractivity contribution in [1.29, 1.82) is 0 Å². The van der Waals surface area contributed by atoms with Gasteiger partial charge < -0.3 is 5.32 Å². The van der Waals surface area contributed by atoms with Crippen molar-refractivity contribution < 1.29 is 4.79 Å². The van der Waals surface area contributed by atoms with Gasteiger partial charge in [-0.15, -0.1) is 0 Å². The van der Waals surface area contributed by atoms with Crippen LogP contribution in [0.3, 0.4) is 0 Å². The van der Waals surface area contributed by atoms with E-state index in [1.54, 1.807) is 4.57 Å². The van der Waals surface area contributed by atoms with Gasteiger partial charge in [-0.1, -0.05) is 30.2 Å². The SMILES string of the molecule is O=C(Cn1nc2n(c1=O)CCCCC2)NCC(c1cccc(Cl)c1)N1CCCC1. The van der Waals surface area contributed by atoms with Crippen molar-refractivity contribution in [2.75, 3.05) is 19.6 Å². The summed E-state index contributed by atoms with van der Waals surface area (Å²) >= 11 is 6.19. The number of carbonyl (C=O) groups excluding carboxylic acids is 1. The Hall–Kier alpha value is -2.12. The van der Waals surface area contributed by atoms with Gasteiger partial charge in [-0.05, 0) is 56.5 Å². The summed E-state index contributed by atoms with van der Waals surface area (Å²) in [7, 11) is 0. The van der Waals surface area contributed by atoms with Crippen LogP contribution >= 0.6 is 11.6 Å². The molecular formula is C21H28ClN5O2. The first-order valence-electron chi connectivity index (χ1n) is 10.5. The van der Waals surface area contributed by atoms with E-state index in [0.29, 0.717) is 18.1 Å². The molecule has 0 spiro atoms. The van der Waals surface area contributed by atoms with Gasteiger partial charge in [0.1, 0.15) is 12.4 Å².